The third-order valence-corrected chi connectivity index (χ3v) is 1.69. The van der Waals surface area contributed by atoms with Crippen LogP contribution in [0.1, 0.15) is 33.6 Å². The number of nitrogens with one attached hydrogen (secondary N) is 1. The minimum atomic E-state index is -0.352. The van der Waals surface area contributed by atoms with Crippen LogP contribution < -0.4 is 5.32 Å². The zero-order valence-corrected chi connectivity index (χ0v) is 8.02. The SMILES string of the molecule is CCCC(NCC)C(=O)C(C)=O. The molecule has 1 atom stereocenters. The second-order valence-electron chi connectivity index (χ2n) is 2.82. The van der Waals surface area contributed by atoms with Crippen LogP contribution in [-0.2, 0) is 9.59 Å². The Labute approximate surface area is 73.5 Å². The highest BCUT2D eigenvalue weighted by Crippen LogP contribution is 1.98. The van der Waals surface area contributed by atoms with Crippen molar-refractivity contribution in [3.63, 3.8) is 0 Å². The Morgan fingerprint density at radius 1 is 1.33 bits per heavy atom. The van der Waals surface area contributed by atoms with Crippen molar-refractivity contribution in [1.29, 1.82) is 0 Å². The number of Topliss-reactive ketones (excluding diaryl/α,β-unsaturated/α-hetero) is 2. The van der Waals surface area contributed by atoms with Crippen LogP contribution in [0.3, 0.4) is 0 Å². The molecule has 0 aromatic rings. The van der Waals surface area contributed by atoms with Gasteiger partial charge >= 0.3 is 0 Å². The maximum atomic E-state index is 11.2. The molecule has 0 saturated carbocycles. The molecule has 0 rings (SSSR count). The van der Waals surface area contributed by atoms with E-state index in [9.17, 15) is 9.59 Å². The van der Waals surface area contributed by atoms with Gasteiger partial charge in [0, 0.05) is 6.92 Å². The molecule has 0 aromatic heterocycles. The number of carbonyl (C=O) groups excluding carboxylic acids is 2. The molecule has 0 radical (unpaired) electrons. The fourth-order valence-electron chi connectivity index (χ4n) is 1.11. The van der Waals surface area contributed by atoms with Gasteiger partial charge in [-0.05, 0) is 13.0 Å². The molecule has 0 fully saturated rings. The topological polar surface area (TPSA) is 46.2 Å². The first kappa shape index (κ1) is 11.3. The Balaban J connectivity index is 4.08. The Morgan fingerprint density at radius 3 is 2.25 bits per heavy atom. The summed E-state index contributed by atoms with van der Waals surface area (Å²) in [6, 6.07) is -0.266. The van der Waals surface area contributed by atoms with Crippen molar-refractivity contribution in [2.45, 2.75) is 39.7 Å². The van der Waals surface area contributed by atoms with Gasteiger partial charge in [-0.2, -0.15) is 0 Å². The van der Waals surface area contributed by atoms with Crippen molar-refractivity contribution >= 4 is 11.6 Å². The highest BCUT2D eigenvalue weighted by atomic mass is 16.2. The largest absolute Gasteiger partial charge is 0.307 e. The summed E-state index contributed by atoms with van der Waals surface area (Å²) >= 11 is 0. The number of carbonyl (C=O) groups is 2. The van der Waals surface area contributed by atoms with Gasteiger partial charge in [-0.25, -0.2) is 0 Å². The second-order valence-corrected chi connectivity index (χ2v) is 2.82. The normalized spacial score (nSPS) is 12.6. The first-order chi connectivity index (χ1) is 5.63. The molecule has 1 N–H and O–H groups in total. The summed E-state index contributed by atoms with van der Waals surface area (Å²) in [5, 5.41) is 2.99. The third kappa shape index (κ3) is 3.62. The van der Waals surface area contributed by atoms with Crippen molar-refractivity contribution in [2.24, 2.45) is 0 Å². The van der Waals surface area contributed by atoms with Gasteiger partial charge in [0.2, 0.25) is 5.78 Å². The fourth-order valence-corrected chi connectivity index (χ4v) is 1.11. The average Bonchev–Trinajstić information content (AvgIpc) is 2.03. The maximum absolute atomic E-state index is 11.2. The van der Waals surface area contributed by atoms with E-state index in [1.54, 1.807) is 0 Å². The van der Waals surface area contributed by atoms with Crippen LogP contribution in [0.2, 0.25) is 0 Å². The van der Waals surface area contributed by atoms with E-state index < -0.39 is 0 Å². The van der Waals surface area contributed by atoms with Crippen LogP contribution in [0.25, 0.3) is 0 Å². The molecule has 70 valence electrons. The van der Waals surface area contributed by atoms with Crippen molar-refractivity contribution in [1.82, 2.24) is 5.32 Å². The molecule has 0 saturated heterocycles. The Hall–Kier alpha value is -0.700. The van der Waals surface area contributed by atoms with Crippen molar-refractivity contribution in [3.05, 3.63) is 0 Å². The minimum Gasteiger partial charge on any atom is -0.307 e. The zero-order chi connectivity index (χ0) is 9.56. The Morgan fingerprint density at radius 2 is 1.92 bits per heavy atom. The van der Waals surface area contributed by atoms with Crippen LogP contribution in [-0.4, -0.2) is 24.2 Å². The summed E-state index contributed by atoms with van der Waals surface area (Å²) in [7, 11) is 0. The highest BCUT2D eigenvalue weighted by molar-refractivity contribution is 6.38. The molecular formula is C9H17NO2. The van der Waals surface area contributed by atoms with Gasteiger partial charge in [-0.1, -0.05) is 20.3 Å². The van der Waals surface area contributed by atoms with Crippen LogP contribution >= 0.6 is 0 Å². The summed E-state index contributed by atoms with van der Waals surface area (Å²) in [6.07, 6.45) is 1.66. The minimum absolute atomic E-state index is 0.266. The molecule has 0 aromatic carbocycles. The molecule has 0 amide bonds. The fraction of sp³-hybridized carbons (Fsp3) is 0.778. The van der Waals surface area contributed by atoms with Crippen LogP contribution in [0.4, 0.5) is 0 Å². The molecule has 3 heteroatoms. The molecular weight excluding hydrogens is 154 g/mol. The number of likely N-dealkylation sites (N-methyl/N-ethyl adjacent to an activating group) is 1. The second kappa shape index (κ2) is 5.89. The van der Waals surface area contributed by atoms with E-state index >= 15 is 0 Å². The lowest BCUT2D eigenvalue weighted by Crippen LogP contribution is -2.39. The van der Waals surface area contributed by atoms with Gasteiger partial charge in [0.05, 0.1) is 6.04 Å². The monoisotopic (exact) mass is 171 g/mol. The van der Waals surface area contributed by atoms with Crippen LogP contribution in [0, 0.1) is 0 Å². The maximum Gasteiger partial charge on any atom is 0.214 e. The quantitative estimate of drug-likeness (QED) is 0.604. The van der Waals surface area contributed by atoms with Crippen molar-refractivity contribution in [2.75, 3.05) is 6.54 Å². The molecule has 0 spiro atoms. The van der Waals surface area contributed by atoms with E-state index in [2.05, 4.69) is 5.32 Å². The number of ketones is 2. The standard InChI is InChI=1S/C9H17NO2/c1-4-6-8(10-5-2)9(12)7(3)11/h8,10H,4-6H2,1-3H3. The van der Waals surface area contributed by atoms with Gasteiger partial charge in [0.15, 0.2) is 5.78 Å². The lowest BCUT2D eigenvalue weighted by Gasteiger charge is -2.13. The number of hydrogen-bond donors (Lipinski definition) is 1. The van der Waals surface area contributed by atoms with Crippen molar-refractivity contribution < 1.29 is 9.59 Å². The van der Waals surface area contributed by atoms with E-state index in [1.807, 2.05) is 13.8 Å². The summed E-state index contributed by atoms with van der Waals surface area (Å²) in [5.74, 6) is -0.645. The predicted octanol–water partition coefficient (Wildman–Crippen LogP) is 0.923. The predicted molar refractivity (Wildman–Crippen MR) is 48.1 cm³/mol. The Kier molecular flexibility index (Phi) is 5.54. The summed E-state index contributed by atoms with van der Waals surface area (Å²) < 4.78 is 0. The number of rotatable bonds is 6. The average molecular weight is 171 g/mol. The van der Waals surface area contributed by atoms with E-state index in [0.717, 1.165) is 19.4 Å². The van der Waals surface area contributed by atoms with E-state index in [4.69, 9.17) is 0 Å². The molecule has 0 bridgehead atoms. The molecule has 12 heavy (non-hydrogen) atoms. The van der Waals surface area contributed by atoms with E-state index in [1.165, 1.54) is 6.92 Å². The van der Waals surface area contributed by atoms with Gasteiger partial charge in [-0.15, -0.1) is 0 Å². The van der Waals surface area contributed by atoms with Crippen LogP contribution in [0.5, 0.6) is 0 Å². The third-order valence-electron chi connectivity index (χ3n) is 1.69. The van der Waals surface area contributed by atoms with Crippen LogP contribution in [0.15, 0.2) is 0 Å². The van der Waals surface area contributed by atoms with Gasteiger partial charge in [-0.3, -0.25) is 9.59 Å². The molecule has 0 aliphatic rings. The highest BCUT2D eigenvalue weighted by Gasteiger charge is 2.19. The summed E-state index contributed by atoms with van der Waals surface area (Å²) in [5.41, 5.74) is 0. The van der Waals surface area contributed by atoms with Gasteiger partial charge < -0.3 is 5.32 Å². The molecule has 1 unspecified atom stereocenters. The lowest BCUT2D eigenvalue weighted by atomic mass is 10.0. The first-order valence-corrected chi connectivity index (χ1v) is 4.41. The summed E-state index contributed by atoms with van der Waals surface area (Å²) in [4.78, 5) is 22.0. The summed E-state index contributed by atoms with van der Waals surface area (Å²) in [6.45, 7) is 5.97. The lowest BCUT2D eigenvalue weighted by molar-refractivity contribution is -0.136. The van der Waals surface area contributed by atoms with Gasteiger partial charge in [0.25, 0.3) is 0 Å². The van der Waals surface area contributed by atoms with Crippen molar-refractivity contribution in [3.8, 4) is 0 Å². The molecule has 0 aliphatic carbocycles. The van der Waals surface area contributed by atoms with E-state index in [-0.39, 0.29) is 17.6 Å². The molecule has 0 heterocycles. The Bertz CT molecular complexity index is 160. The van der Waals surface area contributed by atoms with Gasteiger partial charge in [0.1, 0.15) is 0 Å². The van der Waals surface area contributed by atoms with E-state index in [0.29, 0.717) is 0 Å². The molecule has 3 nitrogen and oxygen atoms in total. The smallest absolute Gasteiger partial charge is 0.214 e. The first-order valence-electron chi connectivity index (χ1n) is 4.41. The number of hydrogen-bond acceptors (Lipinski definition) is 3. The molecule has 0 aliphatic heterocycles. The zero-order valence-electron chi connectivity index (χ0n) is 8.02.